The van der Waals surface area contributed by atoms with Crippen LogP contribution < -0.4 is 20.9 Å². The highest BCUT2D eigenvalue weighted by Crippen LogP contribution is 2.37. The lowest BCUT2D eigenvalue weighted by Crippen LogP contribution is -2.32. The molecule has 18 heavy (non-hydrogen) atoms. The molecule has 4 heteroatoms. The molecule has 0 amide bonds. The van der Waals surface area contributed by atoms with Crippen LogP contribution in [0.5, 0.6) is 11.5 Å². The summed E-state index contributed by atoms with van der Waals surface area (Å²) in [6.07, 6.45) is 1.76. The molecule has 1 aromatic carbocycles. The van der Waals surface area contributed by atoms with E-state index in [1.165, 1.54) is 0 Å². The first kappa shape index (κ1) is 13.2. The van der Waals surface area contributed by atoms with Crippen molar-refractivity contribution >= 4 is 0 Å². The molecule has 1 atom stereocenters. The summed E-state index contributed by atoms with van der Waals surface area (Å²) in [5.41, 5.74) is 14.3. The molecule has 0 spiro atoms. The molecule has 1 aliphatic rings. The zero-order valence-electron chi connectivity index (χ0n) is 11.3. The number of nitrogens with two attached hydrogens (primary N) is 2. The third kappa shape index (κ3) is 2.94. The first-order chi connectivity index (χ1) is 8.37. The number of aryl methyl sites for hydroxylation is 1. The Morgan fingerprint density at radius 3 is 2.50 bits per heavy atom. The van der Waals surface area contributed by atoms with Crippen molar-refractivity contribution in [3.63, 3.8) is 0 Å². The monoisotopic (exact) mass is 250 g/mol. The van der Waals surface area contributed by atoms with Gasteiger partial charge in [-0.05, 0) is 56.9 Å². The van der Waals surface area contributed by atoms with Crippen LogP contribution in [-0.4, -0.2) is 12.3 Å². The molecule has 0 saturated carbocycles. The summed E-state index contributed by atoms with van der Waals surface area (Å²) in [6.45, 7) is 6.38. The Kier molecular flexibility index (Phi) is 3.50. The Morgan fingerprint density at radius 1 is 1.28 bits per heavy atom. The number of rotatable bonds is 4. The lowest BCUT2D eigenvalue weighted by atomic mass is 9.92. The Hall–Kier alpha value is -1.26. The number of fused-ring (bicyclic) bond motifs is 1. The highest BCUT2D eigenvalue weighted by Gasteiger charge is 2.20. The quantitative estimate of drug-likeness (QED) is 0.859. The molecule has 1 unspecified atom stereocenters. The van der Waals surface area contributed by atoms with Gasteiger partial charge in [-0.1, -0.05) is 0 Å². The van der Waals surface area contributed by atoms with E-state index in [1.807, 2.05) is 32.9 Å². The smallest absolute Gasteiger partial charge is 0.231 e. The molecule has 1 heterocycles. The lowest BCUT2D eigenvalue weighted by molar-refractivity contribution is 0.174. The maximum atomic E-state index is 6.25. The van der Waals surface area contributed by atoms with Gasteiger partial charge < -0.3 is 20.9 Å². The van der Waals surface area contributed by atoms with E-state index in [-0.39, 0.29) is 11.6 Å². The fraction of sp³-hybridized carbons (Fsp3) is 0.571. The van der Waals surface area contributed by atoms with Crippen LogP contribution in [-0.2, 0) is 0 Å². The van der Waals surface area contributed by atoms with Gasteiger partial charge in [0.05, 0.1) is 0 Å². The molecule has 2 rings (SSSR count). The predicted octanol–water partition coefficient (Wildman–Crippen LogP) is 2.24. The summed E-state index contributed by atoms with van der Waals surface area (Å²) >= 11 is 0. The molecule has 4 N–H and O–H groups in total. The summed E-state index contributed by atoms with van der Waals surface area (Å²) < 4.78 is 10.7. The van der Waals surface area contributed by atoms with E-state index >= 15 is 0 Å². The van der Waals surface area contributed by atoms with Gasteiger partial charge >= 0.3 is 0 Å². The van der Waals surface area contributed by atoms with E-state index in [9.17, 15) is 0 Å². The number of benzene rings is 1. The Morgan fingerprint density at radius 2 is 1.89 bits per heavy atom. The van der Waals surface area contributed by atoms with E-state index < -0.39 is 0 Å². The molecule has 4 nitrogen and oxygen atoms in total. The molecule has 1 aliphatic heterocycles. The number of hydrogen-bond acceptors (Lipinski definition) is 4. The highest BCUT2D eigenvalue weighted by molar-refractivity contribution is 5.49. The SMILES string of the molecule is Cc1cc2c(cc1C(N)CCC(C)(C)N)OCO2. The maximum absolute atomic E-state index is 6.25. The molecule has 0 saturated heterocycles. The molecule has 0 aromatic heterocycles. The highest BCUT2D eigenvalue weighted by atomic mass is 16.7. The second-order valence-corrected chi connectivity index (χ2v) is 5.70. The molecule has 0 bridgehead atoms. The van der Waals surface area contributed by atoms with Crippen molar-refractivity contribution in [2.45, 2.75) is 45.2 Å². The molecular weight excluding hydrogens is 228 g/mol. The minimum Gasteiger partial charge on any atom is -0.454 e. The van der Waals surface area contributed by atoms with Gasteiger partial charge in [0.25, 0.3) is 0 Å². The van der Waals surface area contributed by atoms with Gasteiger partial charge in [0, 0.05) is 11.6 Å². The van der Waals surface area contributed by atoms with Crippen molar-refractivity contribution in [3.8, 4) is 11.5 Å². The van der Waals surface area contributed by atoms with Crippen LogP contribution >= 0.6 is 0 Å². The first-order valence-electron chi connectivity index (χ1n) is 6.31. The fourth-order valence-corrected chi connectivity index (χ4v) is 2.14. The van der Waals surface area contributed by atoms with E-state index in [0.29, 0.717) is 6.79 Å². The van der Waals surface area contributed by atoms with E-state index in [2.05, 4.69) is 0 Å². The maximum Gasteiger partial charge on any atom is 0.231 e. The molecule has 0 fully saturated rings. The minimum absolute atomic E-state index is 0.0117. The van der Waals surface area contributed by atoms with Crippen LogP contribution in [0.3, 0.4) is 0 Å². The third-order valence-electron chi connectivity index (χ3n) is 3.26. The zero-order valence-corrected chi connectivity index (χ0v) is 11.3. The van der Waals surface area contributed by atoms with Gasteiger partial charge in [-0.2, -0.15) is 0 Å². The minimum atomic E-state index is -0.179. The van der Waals surface area contributed by atoms with Crippen molar-refractivity contribution in [1.82, 2.24) is 0 Å². The fourth-order valence-electron chi connectivity index (χ4n) is 2.14. The average Bonchev–Trinajstić information content (AvgIpc) is 2.70. The summed E-state index contributed by atoms with van der Waals surface area (Å²) in [5.74, 6) is 1.60. The second kappa shape index (κ2) is 4.78. The number of ether oxygens (including phenoxy) is 2. The van der Waals surface area contributed by atoms with Gasteiger partial charge in [-0.15, -0.1) is 0 Å². The first-order valence-corrected chi connectivity index (χ1v) is 6.31. The van der Waals surface area contributed by atoms with Gasteiger partial charge in [0.15, 0.2) is 11.5 Å². The van der Waals surface area contributed by atoms with Crippen molar-refractivity contribution in [2.24, 2.45) is 11.5 Å². The Bertz CT molecular complexity index is 438. The van der Waals surface area contributed by atoms with Gasteiger partial charge in [0.2, 0.25) is 6.79 Å². The van der Waals surface area contributed by atoms with Crippen molar-refractivity contribution in [3.05, 3.63) is 23.3 Å². The predicted molar refractivity (Wildman–Crippen MR) is 71.7 cm³/mol. The summed E-state index contributed by atoms with van der Waals surface area (Å²) in [4.78, 5) is 0. The standard InChI is InChI=1S/C14H22N2O2/c1-9-6-12-13(18-8-17-12)7-10(9)11(15)4-5-14(2,3)16/h6-7,11H,4-5,8,15-16H2,1-3H3. The van der Waals surface area contributed by atoms with Crippen LogP contribution in [0, 0.1) is 6.92 Å². The summed E-state index contributed by atoms with van der Waals surface area (Å²) in [6, 6.07) is 3.97. The summed E-state index contributed by atoms with van der Waals surface area (Å²) in [5, 5.41) is 0. The third-order valence-corrected chi connectivity index (χ3v) is 3.26. The van der Waals surface area contributed by atoms with Crippen LogP contribution in [0.2, 0.25) is 0 Å². The van der Waals surface area contributed by atoms with E-state index in [4.69, 9.17) is 20.9 Å². The topological polar surface area (TPSA) is 70.5 Å². The Balaban J connectivity index is 2.13. The Labute approximate surface area is 108 Å². The van der Waals surface area contributed by atoms with Crippen LogP contribution in [0.25, 0.3) is 0 Å². The zero-order chi connectivity index (χ0) is 13.3. The molecule has 1 aromatic rings. The number of hydrogen-bond donors (Lipinski definition) is 2. The van der Waals surface area contributed by atoms with Crippen molar-refractivity contribution < 1.29 is 9.47 Å². The van der Waals surface area contributed by atoms with Gasteiger partial charge in [-0.25, -0.2) is 0 Å². The van der Waals surface area contributed by atoms with Crippen LogP contribution in [0.15, 0.2) is 12.1 Å². The van der Waals surface area contributed by atoms with Crippen LogP contribution in [0.4, 0.5) is 0 Å². The van der Waals surface area contributed by atoms with Crippen molar-refractivity contribution in [1.29, 1.82) is 0 Å². The van der Waals surface area contributed by atoms with E-state index in [1.54, 1.807) is 0 Å². The normalized spacial score (nSPS) is 15.8. The van der Waals surface area contributed by atoms with Gasteiger partial charge in [0.1, 0.15) is 0 Å². The van der Waals surface area contributed by atoms with Crippen LogP contribution in [0.1, 0.15) is 43.9 Å². The average molecular weight is 250 g/mol. The van der Waals surface area contributed by atoms with E-state index in [0.717, 1.165) is 35.5 Å². The van der Waals surface area contributed by atoms with Crippen molar-refractivity contribution in [2.75, 3.05) is 6.79 Å². The van der Waals surface area contributed by atoms with Gasteiger partial charge in [-0.3, -0.25) is 0 Å². The molecule has 0 aliphatic carbocycles. The lowest BCUT2D eigenvalue weighted by Gasteiger charge is -2.22. The second-order valence-electron chi connectivity index (χ2n) is 5.70. The largest absolute Gasteiger partial charge is 0.454 e. The molecular formula is C14H22N2O2. The molecule has 100 valence electrons. The summed E-state index contributed by atoms with van der Waals surface area (Å²) in [7, 11) is 0. The molecule has 0 radical (unpaired) electrons.